The van der Waals surface area contributed by atoms with Crippen molar-refractivity contribution in [3.05, 3.63) is 59.0 Å². The number of nitrogens with one attached hydrogen (secondary N) is 1. The number of hydrogen-bond acceptors (Lipinski definition) is 6. The number of rotatable bonds is 4. The van der Waals surface area contributed by atoms with Gasteiger partial charge in [0.15, 0.2) is 0 Å². The van der Waals surface area contributed by atoms with Crippen molar-refractivity contribution in [2.75, 3.05) is 5.43 Å². The van der Waals surface area contributed by atoms with Crippen LogP contribution in [0.4, 0.5) is 5.13 Å². The maximum atomic E-state index is 9.85. The Kier molecular flexibility index (Phi) is 4.48. The fourth-order valence-electron chi connectivity index (χ4n) is 2.20. The molecule has 1 heterocycles. The van der Waals surface area contributed by atoms with Gasteiger partial charge in [-0.15, -0.1) is 11.3 Å². The molecule has 3 aromatic rings. The highest BCUT2D eigenvalue weighted by Gasteiger charge is 2.07. The number of aromatic nitrogens is 1. The fraction of sp³-hybridized carbons (Fsp3) is 0.111. The van der Waals surface area contributed by atoms with Crippen LogP contribution in [-0.4, -0.2) is 20.9 Å². The van der Waals surface area contributed by atoms with E-state index in [9.17, 15) is 10.2 Å². The van der Waals surface area contributed by atoms with Crippen LogP contribution >= 0.6 is 11.3 Å². The van der Waals surface area contributed by atoms with E-state index in [-0.39, 0.29) is 11.5 Å². The van der Waals surface area contributed by atoms with E-state index in [1.165, 1.54) is 29.0 Å². The number of phenols is 2. The standard InChI is InChI=1S/C18H17N3O2S/c1-11-3-5-13(6-4-11)16-10-24-18(19-16)21-20-12(2)15-8-7-14(22)9-17(15)23/h3-10,22-23H,1-2H3,(H,19,21)/b20-12-. The number of aromatic hydroxyl groups is 2. The molecule has 0 amide bonds. The van der Waals surface area contributed by atoms with Crippen molar-refractivity contribution in [3.63, 3.8) is 0 Å². The predicted octanol–water partition coefficient (Wildman–Crippen LogP) is 4.37. The van der Waals surface area contributed by atoms with Crippen LogP contribution in [0, 0.1) is 6.92 Å². The van der Waals surface area contributed by atoms with E-state index >= 15 is 0 Å². The first-order valence-electron chi connectivity index (χ1n) is 7.38. The van der Waals surface area contributed by atoms with Gasteiger partial charge in [-0.25, -0.2) is 4.98 Å². The highest BCUT2D eigenvalue weighted by molar-refractivity contribution is 7.14. The molecule has 2 aromatic carbocycles. The van der Waals surface area contributed by atoms with Gasteiger partial charge in [0.1, 0.15) is 11.5 Å². The Balaban J connectivity index is 1.76. The van der Waals surface area contributed by atoms with E-state index in [4.69, 9.17) is 0 Å². The average molecular weight is 339 g/mol. The van der Waals surface area contributed by atoms with Crippen molar-refractivity contribution in [2.24, 2.45) is 5.10 Å². The zero-order valence-corrected chi connectivity index (χ0v) is 14.1. The number of benzene rings is 2. The van der Waals surface area contributed by atoms with E-state index in [0.29, 0.717) is 16.4 Å². The van der Waals surface area contributed by atoms with Gasteiger partial charge in [-0.3, -0.25) is 5.43 Å². The predicted molar refractivity (Wildman–Crippen MR) is 97.9 cm³/mol. The van der Waals surface area contributed by atoms with E-state index < -0.39 is 0 Å². The van der Waals surface area contributed by atoms with Gasteiger partial charge < -0.3 is 10.2 Å². The smallest absolute Gasteiger partial charge is 0.203 e. The molecule has 0 saturated carbocycles. The SMILES string of the molecule is C/C(=N/Nc1nc(-c2ccc(C)cc2)cs1)c1ccc(O)cc1O. The number of anilines is 1. The number of thiazole rings is 1. The summed E-state index contributed by atoms with van der Waals surface area (Å²) >= 11 is 1.46. The van der Waals surface area contributed by atoms with Gasteiger partial charge in [0.05, 0.1) is 11.4 Å². The molecule has 0 saturated heterocycles. The van der Waals surface area contributed by atoms with Crippen LogP contribution in [0.25, 0.3) is 11.3 Å². The van der Waals surface area contributed by atoms with Gasteiger partial charge >= 0.3 is 0 Å². The van der Waals surface area contributed by atoms with Crippen molar-refractivity contribution in [1.82, 2.24) is 4.98 Å². The number of hydrogen-bond donors (Lipinski definition) is 3. The third-order valence-electron chi connectivity index (χ3n) is 3.54. The van der Waals surface area contributed by atoms with Crippen molar-refractivity contribution >= 4 is 22.2 Å². The Morgan fingerprint density at radius 2 is 1.88 bits per heavy atom. The summed E-state index contributed by atoms with van der Waals surface area (Å²) in [5.41, 5.74) is 7.21. The molecule has 3 rings (SSSR count). The summed E-state index contributed by atoms with van der Waals surface area (Å²) in [5.74, 6) is -0.00259. The molecule has 0 radical (unpaired) electrons. The van der Waals surface area contributed by atoms with Gasteiger partial charge in [-0.2, -0.15) is 5.10 Å². The summed E-state index contributed by atoms with van der Waals surface area (Å²) in [4.78, 5) is 4.51. The average Bonchev–Trinajstić information content (AvgIpc) is 3.02. The van der Waals surface area contributed by atoms with Crippen molar-refractivity contribution < 1.29 is 10.2 Å². The molecular weight excluding hydrogens is 322 g/mol. The van der Waals surface area contributed by atoms with Crippen molar-refractivity contribution in [1.29, 1.82) is 0 Å². The summed E-state index contributed by atoms with van der Waals surface area (Å²) in [5, 5.41) is 26.1. The van der Waals surface area contributed by atoms with E-state index in [2.05, 4.69) is 27.6 Å². The van der Waals surface area contributed by atoms with Gasteiger partial charge in [-0.1, -0.05) is 29.8 Å². The first kappa shape index (κ1) is 16.0. The van der Waals surface area contributed by atoms with Crippen LogP contribution in [0.5, 0.6) is 11.5 Å². The zero-order chi connectivity index (χ0) is 17.1. The van der Waals surface area contributed by atoms with Crippen molar-refractivity contribution in [2.45, 2.75) is 13.8 Å². The Hall–Kier alpha value is -2.86. The summed E-state index contributed by atoms with van der Waals surface area (Å²) in [6.07, 6.45) is 0. The van der Waals surface area contributed by atoms with Crippen LogP contribution in [0.1, 0.15) is 18.1 Å². The molecule has 0 fully saturated rings. The molecule has 122 valence electrons. The quantitative estimate of drug-likeness (QED) is 0.487. The van der Waals surface area contributed by atoms with Gasteiger partial charge in [0, 0.05) is 22.6 Å². The minimum atomic E-state index is -0.0162. The lowest BCUT2D eigenvalue weighted by atomic mass is 10.1. The third kappa shape index (κ3) is 3.55. The summed E-state index contributed by atoms with van der Waals surface area (Å²) in [7, 11) is 0. The fourth-order valence-corrected chi connectivity index (χ4v) is 2.86. The third-order valence-corrected chi connectivity index (χ3v) is 4.29. The highest BCUT2D eigenvalue weighted by Crippen LogP contribution is 2.26. The molecule has 24 heavy (non-hydrogen) atoms. The number of aryl methyl sites for hydroxylation is 1. The molecular formula is C18H17N3O2S. The Labute approximate surface area is 144 Å². The minimum Gasteiger partial charge on any atom is -0.508 e. The number of phenolic OH excluding ortho intramolecular Hbond substituents is 2. The van der Waals surface area contributed by atoms with Crippen molar-refractivity contribution in [3.8, 4) is 22.8 Å². The molecule has 0 unspecified atom stereocenters. The molecule has 3 N–H and O–H groups in total. The summed E-state index contributed by atoms with van der Waals surface area (Å²) in [6, 6.07) is 12.6. The molecule has 5 nitrogen and oxygen atoms in total. The molecule has 0 aliphatic carbocycles. The molecule has 0 bridgehead atoms. The highest BCUT2D eigenvalue weighted by atomic mass is 32.1. The van der Waals surface area contributed by atoms with Crippen LogP contribution in [0.2, 0.25) is 0 Å². The Morgan fingerprint density at radius 3 is 2.58 bits per heavy atom. The minimum absolute atomic E-state index is 0.0136. The van der Waals surface area contributed by atoms with E-state index in [1.807, 2.05) is 24.4 Å². The molecule has 1 aromatic heterocycles. The summed E-state index contributed by atoms with van der Waals surface area (Å²) < 4.78 is 0. The van der Waals surface area contributed by atoms with E-state index in [0.717, 1.165) is 11.3 Å². The monoisotopic (exact) mass is 339 g/mol. The maximum absolute atomic E-state index is 9.85. The van der Waals surface area contributed by atoms with Gasteiger partial charge in [0.2, 0.25) is 5.13 Å². The number of hydrazone groups is 1. The van der Waals surface area contributed by atoms with E-state index in [1.54, 1.807) is 13.0 Å². The lowest BCUT2D eigenvalue weighted by Gasteiger charge is -2.04. The van der Waals surface area contributed by atoms with Crippen LogP contribution < -0.4 is 5.43 Å². The lowest BCUT2D eigenvalue weighted by Crippen LogP contribution is -2.00. The molecule has 0 aliphatic rings. The number of nitrogens with zero attached hydrogens (tertiary/aromatic N) is 2. The second-order valence-corrected chi connectivity index (χ2v) is 6.27. The lowest BCUT2D eigenvalue weighted by molar-refractivity contribution is 0.450. The van der Waals surface area contributed by atoms with Gasteiger partial charge in [0.25, 0.3) is 0 Å². The molecule has 0 spiro atoms. The first-order chi connectivity index (χ1) is 11.5. The van der Waals surface area contributed by atoms with Crippen LogP contribution in [0.15, 0.2) is 52.9 Å². The topological polar surface area (TPSA) is 77.7 Å². The maximum Gasteiger partial charge on any atom is 0.203 e. The zero-order valence-electron chi connectivity index (χ0n) is 13.3. The largest absolute Gasteiger partial charge is 0.508 e. The second kappa shape index (κ2) is 6.72. The molecule has 6 heteroatoms. The Morgan fingerprint density at radius 1 is 1.12 bits per heavy atom. The first-order valence-corrected chi connectivity index (χ1v) is 8.26. The second-order valence-electron chi connectivity index (χ2n) is 5.41. The molecule has 0 aliphatic heterocycles. The van der Waals surface area contributed by atoms with Crippen LogP contribution in [0.3, 0.4) is 0 Å². The van der Waals surface area contributed by atoms with Crippen LogP contribution in [-0.2, 0) is 0 Å². The summed E-state index contributed by atoms with van der Waals surface area (Å²) in [6.45, 7) is 3.82. The molecule has 0 atom stereocenters. The van der Waals surface area contributed by atoms with Gasteiger partial charge in [-0.05, 0) is 26.0 Å². The normalized spacial score (nSPS) is 11.5. The Bertz CT molecular complexity index is 886.